The normalized spacial score (nSPS) is 11.0. The van der Waals surface area contributed by atoms with Crippen LogP contribution in [0.3, 0.4) is 0 Å². The van der Waals surface area contributed by atoms with Crippen LogP contribution in [0, 0.1) is 11.6 Å². The molecule has 0 aliphatic heterocycles. The maximum atomic E-state index is 14.1. The van der Waals surface area contributed by atoms with E-state index in [4.69, 9.17) is 34.7 Å². The summed E-state index contributed by atoms with van der Waals surface area (Å²) in [5.41, 5.74) is 12.9. The zero-order valence-corrected chi connectivity index (χ0v) is 17.4. The van der Waals surface area contributed by atoms with E-state index in [1.165, 1.54) is 35.7 Å². The highest BCUT2D eigenvalue weighted by Crippen LogP contribution is 2.34. The van der Waals surface area contributed by atoms with E-state index in [1.54, 1.807) is 24.3 Å². The Kier molecular flexibility index (Phi) is 6.87. The standard InChI is InChI=1S/C18H14Cl2F2N4S2/c19-11-5-1-3-9(13(11)21)7-27-17-15(23)16(24)25-18(26-17)28-8-10-4-2-6-12(20)14(10)22/h1-6H,7-8,23H2,(H2,24,25,26). The van der Waals surface area contributed by atoms with Crippen molar-refractivity contribution < 1.29 is 8.78 Å². The highest BCUT2D eigenvalue weighted by Gasteiger charge is 2.14. The number of hydrogen-bond donors (Lipinski definition) is 2. The highest BCUT2D eigenvalue weighted by molar-refractivity contribution is 7.99. The SMILES string of the molecule is Nc1nc(SCc2cccc(Cl)c2F)nc(SCc2cccc(Cl)c2F)c1N. The summed E-state index contributed by atoms with van der Waals surface area (Å²) in [5.74, 6) is -0.324. The molecule has 0 amide bonds. The van der Waals surface area contributed by atoms with Crippen molar-refractivity contribution in [3.8, 4) is 0 Å². The number of nitrogen functional groups attached to an aromatic ring is 2. The van der Waals surface area contributed by atoms with Crippen molar-refractivity contribution in [2.75, 3.05) is 11.5 Å². The smallest absolute Gasteiger partial charge is 0.191 e. The first-order chi connectivity index (χ1) is 13.4. The molecule has 0 spiro atoms. The van der Waals surface area contributed by atoms with Gasteiger partial charge in [-0.2, -0.15) is 0 Å². The van der Waals surface area contributed by atoms with Gasteiger partial charge in [0.2, 0.25) is 0 Å². The van der Waals surface area contributed by atoms with Gasteiger partial charge in [0.1, 0.15) is 22.3 Å². The Morgan fingerprint density at radius 3 is 1.93 bits per heavy atom. The number of aromatic nitrogens is 2. The van der Waals surface area contributed by atoms with Crippen LogP contribution in [0.2, 0.25) is 10.0 Å². The number of nitrogens with zero attached hydrogens (tertiary/aromatic N) is 2. The number of thioether (sulfide) groups is 2. The number of anilines is 2. The minimum Gasteiger partial charge on any atom is -0.394 e. The summed E-state index contributed by atoms with van der Waals surface area (Å²) in [6.07, 6.45) is 0. The van der Waals surface area contributed by atoms with E-state index < -0.39 is 11.6 Å². The quantitative estimate of drug-likeness (QED) is 0.275. The summed E-state index contributed by atoms with van der Waals surface area (Å²) in [6.45, 7) is 0. The molecule has 3 aromatic rings. The van der Waals surface area contributed by atoms with Gasteiger partial charge in [-0.3, -0.25) is 0 Å². The van der Waals surface area contributed by atoms with Crippen molar-refractivity contribution in [3.63, 3.8) is 0 Å². The van der Waals surface area contributed by atoms with Gasteiger partial charge in [-0.05, 0) is 23.3 Å². The highest BCUT2D eigenvalue weighted by atomic mass is 35.5. The monoisotopic (exact) mass is 458 g/mol. The first kappa shape index (κ1) is 21.0. The number of halogens is 4. The molecule has 0 unspecified atom stereocenters. The molecule has 0 atom stereocenters. The van der Waals surface area contributed by atoms with Gasteiger partial charge in [-0.1, -0.05) is 71.0 Å². The van der Waals surface area contributed by atoms with E-state index in [9.17, 15) is 8.78 Å². The second kappa shape index (κ2) is 9.17. The molecule has 10 heteroatoms. The second-order valence-electron chi connectivity index (χ2n) is 5.61. The zero-order valence-electron chi connectivity index (χ0n) is 14.3. The van der Waals surface area contributed by atoms with E-state index in [1.807, 2.05) is 0 Å². The Morgan fingerprint density at radius 1 is 0.821 bits per heavy atom. The molecule has 1 heterocycles. The zero-order chi connectivity index (χ0) is 20.3. The van der Waals surface area contributed by atoms with Gasteiger partial charge in [-0.25, -0.2) is 18.7 Å². The van der Waals surface area contributed by atoms with Crippen LogP contribution >= 0.6 is 46.7 Å². The summed E-state index contributed by atoms with van der Waals surface area (Å²) in [6, 6.07) is 9.55. The van der Waals surface area contributed by atoms with Crippen molar-refractivity contribution in [1.29, 1.82) is 0 Å². The number of rotatable bonds is 6. The minimum absolute atomic E-state index is 0.0491. The molecule has 1 aromatic heterocycles. The van der Waals surface area contributed by atoms with Gasteiger partial charge in [0.25, 0.3) is 0 Å². The molecule has 0 radical (unpaired) electrons. The largest absolute Gasteiger partial charge is 0.394 e. The van der Waals surface area contributed by atoms with Crippen LogP contribution in [0.5, 0.6) is 0 Å². The Bertz CT molecular complexity index is 1020. The van der Waals surface area contributed by atoms with Gasteiger partial charge < -0.3 is 11.5 Å². The number of nitrogens with two attached hydrogens (primary N) is 2. The Morgan fingerprint density at radius 2 is 1.36 bits per heavy atom. The van der Waals surface area contributed by atoms with E-state index in [2.05, 4.69) is 9.97 Å². The fraction of sp³-hybridized carbons (Fsp3) is 0.111. The van der Waals surface area contributed by atoms with Crippen molar-refractivity contribution in [2.24, 2.45) is 0 Å². The summed E-state index contributed by atoms with van der Waals surface area (Å²) < 4.78 is 28.1. The lowest BCUT2D eigenvalue weighted by Gasteiger charge is -2.10. The lowest BCUT2D eigenvalue weighted by Crippen LogP contribution is -2.04. The molecule has 146 valence electrons. The van der Waals surface area contributed by atoms with Crippen LogP contribution in [-0.4, -0.2) is 9.97 Å². The average molecular weight is 459 g/mol. The summed E-state index contributed by atoms with van der Waals surface area (Å²) in [5, 5.41) is 0.852. The molecule has 3 rings (SSSR count). The van der Waals surface area contributed by atoms with Crippen LogP contribution in [0.15, 0.2) is 46.6 Å². The van der Waals surface area contributed by atoms with Crippen molar-refractivity contribution >= 4 is 58.2 Å². The van der Waals surface area contributed by atoms with E-state index in [0.717, 1.165) is 0 Å². The van der Waals surface area contributed by atoms with Crippen molar-refractivity contribution in [2.45, 2.75) is 21.7 Å². The fourth-order valence-corrected chi connectivity index (χ4v) is 4.43. The van der Waals surface area contributed by atoms with Crippen LogP contribution in [0.1, 0.15) is 11.1 Å². The number of hydrogen-bond acceptors (Lipinski definition) is 6. The predicted octanol–water partition coefficient (Wildman–Crippen LogP) is 5.81. The van der Waals surface area contributed by atoms with Gasteiger partial charge in [0.05, 0.1) is 10.0 Å². The van der Waals surface area contributed by atoms with E-state index >= 15 is 0 Å². The molecular formula is C18H14Cl2F2N4S2. The molecule has 0 aliphatic rings. The predicted molar refractivity (Wildman–Crippen MR) is 113 cm³/mol. The van der Waals surface area contributed by atoms with Crippen LogP contribution < -0.4 is 11.5 Å². The summed E-state index contributed by atoms with van der Waals surface area (Å²) in [7, 11) is 0. The Labute approximate surface area is 179 Å². The topological polar surface area (TPSA) is 77.8 Å². The molecular weight excluding hydrogens is 445 g/mol. The molecule has 0 saturated heterocycles. The van der Waals surface area contributed by atoms with Gasteiger partial charge in [0.15, 0.2) is 11.0 Å². The lowest BCUT2D eigenvalue weighted by atomic mass is 10.2. The fourth-order valence-electron chi connectivity index (χ4n) is 2.23. The lowest BCUT2D eigenvalue weighted by molar-refractivity contribution is 0.617. The minimum atomic E-state index is -0.483. The second-order valence-corrected chi connectivity index (χ2v) is 8.33. The molecule has 0 aliphatic carbocycles. The molecule has 0 saturated carbocycles. The maximum absolute atomic E-state index is 14.1. The van der Waals surface area contributed by atoms with Crippen LogP contribution in [0.4, 0.5) is 20.3 Å². The van der Waals surface area contributed by atoms with Gasteiger partial charge >= 0.3 is 0 Å². The van der Waals surface area contributed by atoms with Gasteiger partial charge in [0, 0.05) is 11.5 Å². The van der Waals surface area contributed by atoms with Crippen molar-refractivity contribution in [1.82, 2.24) is 9.97 Å². The maximum Gasteiger partial charge on any atom is 0.191 e. The first-order valence-corrected chi connectivity index (χ1v) is 10.6. The van der Waals surface area contributed by atoms with E-state index in [0.29, 0.717) is 21.3 Å². The summed E-state index contributed by atoms with van der Waals surface area (Å²) >= 11 is 14.0. The molecule has 4 N–H and O–H groups in total. The molecule has 4 nitrogen and oxygen atoms in total. The number of benzene rings is 2. The first-order valence-electron chi connectivity index (χ1n) is 7.91. The van der Waals surface area contributed by atoms with Gasteiger partial charge in [-0.15, -0.1) is 0 Å². The molecule has 28 heavy (non-hydrogen) atoms. The van der Waals surface area contributed by atoms with E-state index in [-0.39, 0.29) is 33.1 Å². The average Bonchev–Trinajstić information content (AvgIpc) is 2.67. The Hall–Kier alpha value is -1.74. The Balaban J connectivity index is 1.76. The molecule has 2 aromatic carbocycles. The van der Waals surface area contributed by atoms with Crippen molar-refractivity contribution in [3.05, 3.63) is 69.2 Å². The third-order valence-electron chi connectivity index (χ3n) is 3.70. The van der Waals surface area contributed by atoms with Crippen LogP contribution in [-0.2, 0) is 11.5 Å². The molecule has 0 bridgehead atoms. The van der Waals surface area contributed by atoms with Crippen LogP contribution in [0.25, 0.3) is 0 Å². The third kappa shape index (κ3) is 4.81. The molecule has 0 fully saturated rings. The third-order valence-corrected chi connectivity index (χ3v) is 6.22. The summed E-state index contributed by atoms with van der Waals surface area (Å²) in [4.78, 5) is 8.49.